The minimum Gasteiger partial charge on any atom is -0.478 e. The lowest BCUT2D eigenvalue weighted by Crippen LogP contribution is -2.00. The van der Waals surface area contributed by atoms with Crippen molar-refractivity contribution in [3.05, 3.63) is 69.9 Å². The molecular formula is C15H10BrFO2. The Morgan fingerprint density at radius 3 is 2.32 bits per heavy atom. The highest BCUT2D eigenvalue weighted by atomic mass is 79.9. The molecule has 4 heteroatoms. The molecule has 2 rings (SSSR count). The number of benzene rings is 2. The summed E-state index contributed by atoms with van der Waals surface area (Å²) < 4.78 is 14.4. The van der Waals surface area contributed by atoms with Crippen LogP contribution in [0.25, 0.3) is 11.6 Å². The van der Waals surface area contributed by atoms with Crippen molar-refractivity contribution in [3.8, 4) is 0 Å². The lowest BCUT2D eigenvalue weighted by atomic mass is 10.0. The summed E-state index contributed by atoms with van der Waals surface area (Å²) in [5.41, 5.74) is 0.833. The third-order valence-electron chi connectivity index (χ3n) is 2.59. The second-order valence-corrected chi connectivity index (χ2v) is 4.81. The smallest absolute Gasteiger partial charge is 0.336 e. The summed E-state index contributed by atoms with van der Waals surface area (Å²) in [5.74, 6) is -1.54. The van der Waals surface area contributed by atoms with Crippen LogP contribution >= 0.6 is 15.9 Å². The van der Waals surface area contributed by atoms with Crippen LogP contribution in [-0.2, 0) is 4.79 Å². The van der Waals surface area contributed by atoms with Crippen molar-refractivity contribution in [2.24, 2.45) is 0 Å². The normalized spacial score (nSPS) is 11.4. The van der Waals surface area contributed by atoms with Gasteiger partial charge in [-0.25, -0.2) is 9.18 Å². The minimum atomic E-state index is -1.09. The van der Waals surface area contributed by atoms with Gasteiger partial charge in [-0.1, -0.05) is 46.3 Å². The van der Waals surface area contributed by atoms with Crippen LogP contribution in [0.2, 0.25) is 0 Å². The average molecular weight is 321 g/mol. The lowest BCUT2D eigenvalue weighted by molar-refractivity contribution is -0.130. The zero-order valence-corrected chi connectivity index (χ0v) is 11.4. The quantitative estimate of drug-likeness (QED) is 0.679. The first kappa shape index (κ1) is 13.5. The zero-order valence-electron chi connectivity index (χ0n) is 9.81. The molecule has 19 heavy (non-hydrogen) atoms. The molecule has 0 spiro atoms. The van der Waals surface area contributed by atoms with E-state index in [9.17, 15) is 14.3 Å². The number of aliphatic carboxylic acids is 1. The molecule has 0 radical (unpaired) electrons. The van der Waals surface area contributed by atoms with E-state index in [0.29, 0.717) is 5.56 Å². The van der Waals surface area contributed by atoms with Crippen LogP contribution in [0, 0.1) is 5.82 Å². The molecular weight excluding hydrogens is 311 g/mol. The second kappa shape index (κ2) is 5.80. The highest BCUT2D eigenvalue weighted by Crippen LogP contribution is 2.22. The van der Waals surface area contributed by atoms with Gasteiger partial charge in [0.2, 0.25) is 0 Å². The third-order valence-corrected chi connectivity index (χ3v) is 3.12. The molecule has 2 aromatic carbocycles. The molecule has 0 aliphatic carbocycles. The SMILES string of the molecule is O=C(O)/C(=C\c1ccccc1F)c1ccc(Br)cc1. The summed E-state index contributed by atoms with van der Waals surface area (Å²) >= 11 is 3.28. The van der Waals surface area contributed by atoms with Gasteiger partial charge < -0.3 is 5.11 Å². The second-order valence-electron chi connectivity index (χ2n) is 3.89. The highest BCUT2D eigenvalue weighted by Gasteiger charge is 2.11. The van der Waals surface area contributed by atoms with Crippen LogP contribution in [0.4, 0.5) is 4.39 Å². The van der Waals surface area contributed by atoms with Crippen LogP contribution in [-0.4, -0.2) is 11.1 Å². The van der Waals surface area contributed by atoms with Crippen LogP contribution in [0.3, 0.4) is 0 Å². The molecule has 1 N–H and O–H groups in total. The van der Waals surface area contributed by atoms with Crippen molar-refractivity contribution >= 4 is 33.5 Å². The summed E-state index contributed by atoms with van der Waals surface area (Å²) in [6, 6.07) is 12.9. The van der Waals surface area contributed by atoms with E-state index in [-0.39, 0.29) is 11.1 Å². The predicted molar refractivity (Wildman–Crippen MR) is 76.0 cm³/mol. The Morgan fingerprint density at radius 1 is 1.11 bits per heavy atom. The Labute approximate surface area is 118 Å². The van der Waals surface area contributed by atoms with Gasteiger partial charge in [-0.2, -0.15) is 0 Å². The molecule has 0 aromatic heterocycles. The van der Waals surface area contributed by atoms with E-state index in [1.165, 1.54) is 18.2 Å². The number of halogens is 2. The topological polar surface area (TPSA) is 37.3 Å². The predicted octanol–water partition coefficient (Wildman–Crippen LogP) is 4.21. The Balaban J connectivity index is 2.50. The first-order valence-electron chi connectivity index (χ1n) is 5.53. The summed E-state index contributed by atoms with van der Waals surface area (Å²) in [4.78, 5) is 11.3. The van der Waals surface area contributed by atoms with Gasteiger partial charge in [0.05, 0.1) is 5.57 Å². The zero-order chi connectivity index (χ0) is 13.8. The maximum atomic E-state index is 13.5. The van der Waals surface area contributed by atoms with E-state index < -0.39 is 11.8 Å². The molecule has 0 saturated carbocycles. The number of carboxylic acids is 1. The van der Waals surface area contributed by atoms with E-state index in [0.717, 1.165) is 4.47 Å². The average Bonchev–Trinajstić information content (AvgIpc) is 2.39. The molecule has 96 valence electrons. The van der Waals surface area contributed by atoms with Gasteiger partial charge in [-0.3, -0.25) is 0 Å². The van der Waals surface area contributed by atoms with Crippen LogP contribution < -0.4 is 0 Å². The summed E-state index contributed by atoms with van der Waals surface area (Å²) in [5, 5.41) is 9.25. The molecule has 0 unspecified atom stereocenters. The van der Waals surface area contributed by atoms with Gasteiger partial charge in [0.25, 0.3) is 0 Å². The fourth-order valence-corrected chi connectivity index (χ4v) is 1.91. The summed E-state index contributed by atoms with van der Waals surface area (Å²) in [6.45, 7) is 0. The molecule has 0 saturated heterocycles. The van der Waals surface area contributed by atoms with Crippen LogP contribution in [0.1, 0.15) is 11.1 Å². The standard InChI is InChI=1S/C15H10BrFO2/c16-12-7-5-10(6-8-12)13(15(18)19)9-11-3-1-2-4-14(11)17/h1-9H,(H,18,19)/b13-9-. The summed E-state index contributed by atoms with van der Waals surface area (Å²) in [6.07, 6.45) is 1.33. The van der Waals surface area contributed by atoms with Gasteiger partial charge in [-0.05, 0) is 29.8 Å². The monoisotopic (exact) mass is 320 g/mol. The Morgan fingerprint density at radius 2 is 1.74 bits per heavy atom. The van der Waals surface area contributed by atoms with E-state index in [4.69, 9.17) is 0 Å². The van der Waals surface area contributed by atoms with Crippen molar-refractivity contribution in [2.75, 3.05) is 0 Å². The van der Waals surface area contributed by atoms with Crippen molar-refractivity contribution in [3.63, 3.8) is 0 Å². The Hall–Kier alpha value is -1.94. The van der Waals surface area contributed by atoms with Gasteiger partial charge in [0, 0.05) is 10.0 Å². The first-order chi connectivity index (χ1) is 9.08. The largest absolute Gasteiger partial charge is 0.478 e. The van der Waals surface area contributed by atoms with Crippen molar-refractivity contribution < 1.29 is 14.3 Å². The molecule has 0 bridgehead atoms. The number of rotatable bonds is 3. The van der Waals surface area contributed by atoms with Gasteiger partial charge in [0.15, 0.2) is 0 Å². The van der Waals surface area contributed by atoms with Gasteiger partial charge in [0.1, 0.15) is 5.82 Å². The molecule has 0 amide bonds. The van der Waals surface area contributed by atoms with E-state index in [1.54, 1.807) is 36.4 Å². The number of hydrogen-bond donors (Lipinski definition) is 1. The molecule has 0 heterocycles. The maximum absolute atomic E-state index is 13.5. The maximum Gasteiger partial charge on any atom is 0.336 e. The van der Waals surface area contributed by atoms with Crippen LogP contribution in [0.15, 0.2) is 53.0 Å². The lowest BCUT2D eigenvalue weighted by Gasteiger charge is -2.04. The van der Waals surface area contributed by atoms with Gasteiger partial charge >= 0.3 is 5.97 Å². The van der Waals surface area contributed by atoms with E-state index in [1.807, 2.05) is 0 Å². The third kappa shape index (κ3) is 3.29. The Kier molecular flexibility index (Phi) is 4.12. The molecule has 0 atom stereocenters. The van der Waals surface area contributed by atoms with E-state index in [2.05, 4.69) is 15.9 Å². The molecule has 0 aliphatic heterocycles. The van der Waals surface area contributed by atoms with E-state index >= 15 is 0 Å². The molecule has 2 aromatic rings. The number of hydrogen-bond acceptors (Lipinski definition) is 1. The minimum absolute atomic E-state index is 0.0533. The number of carboxylic acid groups (broad SMARTS) is 1. The number of carbonyl (C=O) groups is 1. The fraction of sp³-hybridized carbons (Fsp3) is 0. The van der Waals surface area contributed by atoms with Crippen molar-refractivity contribution in [1.82, 2.24) is 0 Å². The highest BCUT2D eigenvalue weighted by molar-refractivity contribution is 9.10. The Bertz CT molecular complexity index is 633. The molecule has 0 fully saturated rings. The molecule has 2 nitrogen and oxygen atoms in total. The molecule has 0 aliphatic rings. The van der Waals surface area contributed by atoms with Crippen molar-refractivity contribution in [2.45, 2.75) is 0 Å². The van der Waals surface area contributed by atoms with Crippen molar-refractivity contribution in [1.29, 1.82) is 0 Å². The van der Waals surface area contributed by atoms with Crippen LogP contribution in [0.5, 0.6) is 0 Å². The van der Waals surface area contributed by atoms with Gasteiger partial charge in [-0.15, -0.1) is 0 Å². The summed E-state index contributed by atoms with van der Waals surface area (Å²) in [7, 11) is 0. The first-order valence-corrected chi connectivity index (χ1v) is 6.32. The fourth-order valence-electron chi connectivity index (χ4n) is 1.65.